The number of nitrogens with one attached hydrogen (secondary N) is 1. The van der Waals surface area contributed by atoms with Gasteiger partial charge in [0.25, 0.3) is 5.91 Å². The van der Waals surface area contributed by atoms with Gasteiger partial charge in [-0.25, -0.2) is 0 Å². The Morgan fingerprint density at radius 2 is 2.16 bits per heavy atom. The van der Waals surface area contributed by atoms with Crippen molar-refractivity contribution in [2.75, 3.05) is 11.9 Å². The van der Waals surface area contributed by atoms with Crippen molar-refractivity contribution in [3.05, 3.63) is 11.3 Å². The number of rotatable bonds is 7. The summed E-state index contributed by atoms with van der Waals surface area (Å²) in [5.74, 6) is -1.11. The van der Waals surface area contributed by atoms with Crippen LogP contribution in [0.15, 0.2) is 0 Å². The quantitative estimate of drug-likeness (QED) is 0.632. The van der Waals surface area contributed by atoms with E-state index in [2.05, 4.69) is 10.4 Å². The summed E-state index contributed by atoms with van der Waals surface area (Å²) >= 11 is 0. The van der Waals surface area contributed by atoms with Crippen LogP contribution < -0.4 is 11.1 Å². The number of amides is 1. The second kappa shape index (κ2) is 6.21. The lowest BCUT2D eigenvalue weighted by Gasteiger charge is -2.09. The molecule has 0 aromatic carbocycles. The summed E-state index contributed by atoms with van der Waals surface area (Å²) in [5, 5.41) is 16.0. The minimum absolute atomic E-state index is 0.370. The number of aliphatic carboxylic acids is 1. The first-order valence-corrected chi connectivity index (χ1v) is 6.14. The molecule has 1 atom stereocenters. The summed E-state index contributed by atoms with van der Waals surface area (Å²) in [6, 6.07) is 0. The van der Waals surface area contributed by atoms with Crippen LogP contribution in [-0.4, -0.2) is 33.3 Å². The van der Waals surface area contributed by atoms with E-state index in [-0.39, 0.29) is 5.92 Å². The van der Waals surface area contributed by atoms with Gasteiger partial charge in [-0.1, -0.05) is 6.92 Å². The van der Waals surface area contributed by atoms with Gasteiger partial charge in [0, 0.05) is 13.6 Å². The number of hydrogen-bond donors (Lipinski definition) is 3. The summed E-state index contributed by atoms with van der Waals surface area (Å²) in [5.41, 5.74) is 6.27. The van der Waals surface area contributed by atoms with Crippen LogP contribution in [0.1, 0.15) is 35.8 Å². The van der Waals surface area contributed by atoms with Crippen molar-refractivity contribution in [3.63, 3.8) is 0 Å². The summed E-state index contributed by atoms with van der Waals surface area (Å²) in [6.07, 6.45) is 1.26. The second-order valence-corrected chi connectivity index (χ2v) is 4.61. The van der Waals surface area contributed by atoms with Crippen molar-refractivity contribution in [2.45, 2.75) is 26.7 Å². The van der Waals surface area contributed by atoms with Crippen molar-refractivity contribution in [2.24, 2.45) is 18.7 Å². The number of carboxylic acids is 1. The molecule has 1 unspecified atom stereocenters. The molecular weight excluding hydrogens is 248 g/mol. The summed E-state index contributed by atoms with van der Waals surface area (Å²) < 4.78 is 1.57. The molecule has 1 aromatic rings. The van der Waals surface area contributed by atoms with Gasteiger partial charge in [-0.15, -0.1) is 0 Å². The maximum atomic E-state index is 11.3. The van der Waals surface area contributed by atoms with Crippen LogP contribution in [0, 0.1) is 12.8 Å². The highest BCUT2D eigenvalue weighted by Crippen LogP contribution is 2.18. The van der Waals surface area contributed by atoms with Crippen LogP contribution >= 0.6 is 0 Å². The molecule has 19 heavy (non-hydrogen) atoms. The van der Waals surface area contributed by atoms with Crippen LogP contribution in [0.3, 0.4) is 0 Å². The molecule has 0 aliphatic carbocycles. The average molecular weight is 268 g/mol. The molecule has 0 saturated heterocycles. The predicted molar refractivity (Wildman–Crippen MR) is 71.0 cm³/mol. The topological polar surface area (TPSA) is 110 Å². The zero-order valence-corrected chi connectivity index (χ0v) is 11.4. The van der Waals surface area contributed by atoms with E-state index in [0.717, 1.165) is 0 Å². The third kappa shape index (κ3) is 3.70. The molecule has 0 aliphatic heterocycles. The van der Waals surface area contributed by atoms with E-state index in [1.165, 1.54) is 0 Å². The van der Waals surface area contributed by atoms with E-state index in [1.54, 1.807) is 25.6 Å². The van der Waals surface area contributed by atoms with Crippen molar-refractivity contribution in [3.8, 4) is 0 Å². The summed E-state index contributed by atoms with van der Waals surface area (Å²) in [4.78, 5) is 22.0. The molecule has 1 aromatic heterocycles. The third-order valence-electron chi connectivity index (χ3n) is 3.00. The molecule has 0 fully saturated rings. The van der Waals surface area contributed by atoms with Crippen LogP contribution in [0.2, 0.25) is 0 Å². The van der Waals surface area contributed by atoms with Gasteiger partial charge in [0.1, 0.15) is 11.4 Å². The standard InChI is InChI=1S/C12H20N4O3/c1-7(12(18)19)5-4-6-14-11-9(10(13)17)8(2)15-16(11)3/h7,14H,4-6H2,1-3H3,(H2,13,17)(H,18,19). The van der Waals surface area contributed by atoms with Gasteiger partial charge < -0.3 is 16.2 Å². The van der Waals surface area contributed by atoms with Gasteiger partial charge >= 0.3 is 5.97 Å². The zero-order chi connectivity index (χ0) is 14.6. The number of anilines is 1. The van der Waals surface area contributed by atoms with Crippen molar-refractivity contribution in [1.29, 1.82) is 0 Å². The Hall–Kier alpha value is -2.05. The van der Waals surface area contributed by atoms with Crippen LogP contribution in [0.25, 0.3) is 0 Å². The molecule has 7 nitrogen and oxygen atoms in total. The number of nitrogens with zero attached hydrogens (tertiary/aromatic N) is 2. The van der Waals surface area contributed by atoms with Gasteiger partial charge in [0.05, 0.1) is 11.6 Å². The first kappa shape index (κ1) is 15.0. The van der Waals surface area contributed by atoms with E-state index in [9.17, 15) is 9.59 Å². The monoisotopic (exact) mass is 268 g/mol. The number of carboxylic acid groups (broad SMARTS) is 1. The minimum atomic E-state index is -0.797. The number of primary amides is 1. The van der Waals surface area contributed by atoms with E-state index >= 15 is 0 Å². The van der Waals surface area contributed by atoms with Gasteiger partial charge in [0.15, 0.2) is 0 Å². The number of carbonyl (C=O) groups excluding carboxylic acids is 1. The Morgan fingerprint density at radius 3 is 2.68 bits per heavy atom. The normalized spacial score (nSPS) is 12.2. The lowest BCUT2D eigenvalue weighted by Crippen LogP contribution is -2.17. The van der Waals surface area contributed by atoms with E-state index < -0.39 is 11.9 Å². The SMILES string of the molecule is Cc1nn(C)c(NCCCC(C)C(=O)O)c1C(N)=O. The highest BCUT2D eigenvalue weighted by atomic mass is 16.4. The Kier molecular flexibility index (Phi) is 4.91. The van der Waals surface area contributed by atoms with Gasteiger partial charge in [-0.3, -0.25) is 14.3 Å². The Bertz CT molecular complexity index is 482. The number of carbonyl (C=O) groups is 2. The molecule has 0 aliphatic rings. The van der Waals surface area contributed by atoms with Crippen molar-refractivity contribution >= 4 is 17.7 Å². The Morgan fingerprint density at radius 1 is 1.53 bits per heavy atom. The summed E-state index contributed by atoms with van der Waals surface area (Å²) in [6.45, 7) is 3.96. The molecule has 0 spiro atoms. The molecule has 0 bridgehead atoms. The highest BCUT2D eigenvalue weighted by molar-refractivity contribution is 5.98. The number of hydrogen-bond acceptors (Lipinski definition) is 4. The first-order chi connectivity index (χ1) is 8.84. The molecule has 0 saturated carbocycles. The lowest BCUT2D eigenvalue weighted by atomic mass is 10.1. The van der Waals surface area contributed by atoms with Gasteiger partial charge in [0.2, 0.25) is 0 Å². The molecule has 1 heterocycles. The van der Waals surface area contributed by atoms with E-state index in [1.807, 2.05) is 0 Å². The first-order valence-electron chi connectivity index (χ1n) is 6.14. The summed E-state index contributed by atoms with van der Waals surface area (Å²) in [7, 11) is 1.72. The van der Waals surface area contributed by atoms with Crippen molar-refractivity contribution < 1.29 is 14.7 Å². The van der Waals surface area contributed by atoms with Gasteiger partial charge in [-0.05, 0) is 19.8 Å². The molecule has 0 radical (unpaired) electrons. The van der Waals surface area contributed by atoms with Crippen LogP contribution in [0.5, 0.6) is 0 Å². The van der Waals surface area contributed by atoms with Crippen molar-refractivity contribution in [1.82, 2.24) is 9.78 Å². The van der Waals surface area contributed by atoms with Crippen LogP contribution in [0.4, 0.5) is 5.82 Å². The number of nitrogens with two attached hydrogens (primary N) is 1. The fourth-order valence-corrected chi connectivity index (χ4v) is 1.89. The second-order valence-electron chi connectivity index (χ2n) is 4.61. The maximum absolute atomic E-state index is 11.3. The lowest BCUT2D eigenvalue weighted by molar-refractivity contribution is -0.141. The zero-order valence-electron chi connectivity index (χ0n) is 11.4. The fourth-order valence-electron chi connectivity index (χ4n) is 1.89. The molecule has 1 rings (SSSR count). The molecule has 1 amide bonds. The maximum Gasteiger partial charge on any atom is 0.306 e. The average Bonchev–Trinajstić information content (AvgIpc) is 2.58. The molecular formula is C12H20N4O3. The van der Waals surface area contributed by atoms with Crippen LogP contribution in [-0.2, 0) is 11.8 Å². The largest absolute Gasteiger partial charge is 0.481 e. The predicted octanol–water partition coefficient (Wildman–Crippen LogP) is 0.740. The molecule has 106 valence electrons. The molecule has 4 N–H and O–H groups in total. The fraction of sp³-hybridized carbons (Fsp3) is 0.583. The minimum Gasteiger partial charge on any atom is -0.481 e. The third-order valence-corrected chi connectivity index (χ3v) is 3.00. The van der Waals surface area contributed by atoms with E-state index in [0.29, 0.717) is 36.5 Å². The number of aromatic nitrogens is 2. The number of aryl methyl sites for hydroxylation is 2. The van der Waals surface area contributed by atoms with E-state index in [4.69, 9.17) is 10.8 Å². The Balaban J connectivity index is 2.59. The Labute approximate surface area is 111 Å². The molecule has 7 heteroatoms. The highest BCUT2D eigenvalue weighted by Gasteiger charge is 2.17. The van der Waals surface area contributed by atoms with Gasteiger partial charge in [-0.2, -0.15) is 5.10 Å². The smallest absolute Gasteiger partial charge is 0.306 e.